The first kappa shape index (κ1) is 19.0. The van der Waals surface area contributed by atoms with E-state index in [1.807, 2.05) is 19.1 Å². The minimum absolute atomic E-state index is 0.144. The van der Waals surface area contributed by atoms with Crippen molar-refractivity contribution in [2.75, 3.05) is 33.4 Å². The lowest BCUT2D eigenvalue weighted by Crippen LogP contribution is -2.40. The van der Waals surface area contributed by atoms with Gasteiger partial charge in [-0.25, -0.2) is 8.42 Å². The predicted octanol–water partition coefficient (Wildman–Crippen LogP) is 2.35. The van der Waals surface area contributed by atoms with E-state index in [2.05, 4.69) is 0 Å². The summed E-state index contributed by atoms with van der Waals surface area (Å²) in [4.78, 5) is 16.7. The number of amides is 1. The number of hydrogen-bond acceptors (Lipinski definition) is 5. The number of rotatable bonds is 5. The Bertz CT molecular complexity index is 886. The molecule has 0 bridgehead atoms. The van der Waals surface area contributed by atoms with Crippen molar-refractivity contribution in [1.29, 1.82) is 0 Å². The third-order valence-electron chi connectivity index (χ3n) is 4.22. The number of carbonyl (C=O) groups excluding carboxylic acids is 1. The summed E-state index contributed by atoms with van der Waals surface area (Å²) in [5.74, 6) is -0.199. The summed E-state index contributed by atoms with van der Waals surface area (Å²) in [6.07, 6.45) is 0. The number of hydrogen-bond donors (Lipinski definition) is 0. The minimum atomic E-state index is -3.61. The topological polar surface area (TPSA) is 66.9 Å². The van der Waals surface area contributed by atoms with Crippen LogP contribution in [0.5, 0.6) is 0 Å². The van der Waals surface area contributed by atoms with E-state index in [1.54, 1.807) is 35.4 Å². The molecule has 1 aliphatic rings. The maximum atomic E-state index is 12.8. The summed E-state index contributed by atoms with van der Waals surface area (Å²) in [5, 5.41) is 0. The Balaban J connectivity index is 1.78. The van der Waals surface area contributed by atoms with Crippen LogP contribution in [0.1, 0.15) is 20.1 Å². The zero-order valence-electron chi connectivity index (χ0n) is 14.8. The van der Waals surface area contributed by atoms with Gasteiger partial charge in [0.1, 0.15) is 0 Å². The first-order valence-corrected chi connectivity index (χ1v) is 10.6. The summed E-state index contributed by atoms with van der Waals surface area (Å²) in [5.41, 5.74) is 0.370. The van der Waals surface area contributed by atoms with Crippen LogP contribution in [0.15, 0.2) is 41.3 Å². The van der Waals surface area contributed by atoms with Crippen molar-refractivity contribution in [2.24, 2.45) is 0 Å². The highest BCUT2D eigenvalue weighted by molar-refractivity contribution is 7.89. The molecular formula is C18H22N2O4S2. The molecule has 0 aliphatic carbocycles. The van der Waals surface area contributed by atoms with Crippen molar-refractivity contribution >= 4 is 27.3 Å². The van der Waals surface area contributed by atoms with Crippen LogP contribution in [0.25, 0.3) is 0 Å². The number of ether oxygens (including phenoxy) is 1. The quantitative estimate of drug-likeness (QED) is 0.781. The van der Waals surface area contributed by atoms with E-state index >= 15 is 0 Å². The molecule has 1 saturated heterocycles. The van der Waals surface area contributed by atoms with E-state index in [1.165, 1.54) is 21.3 Å². The molecular weight excluding hydrogens is 372 g/mol. The van der Waals surface area contributed by atoms with Gasteiger partial charge < -0.3 is 9.64 Å². The molecule has 0 radical (unpaired) electrons. The highest BCUT2D eigenvalue weighted by Gasteiger charge is 2.27. The standard InChI is InChI=1S/C18H22N2O4S2/c1-14-6-7-16(25-14)13-19(2)18(21)15-4-3-5-17(12-15)26(22,23)20-8-10-24-11-9-20/h3-7,12H,8-11,13H2,1-2H3. The Morgan fingerprint density at radius 3 is 2.62 bits per heavy atom. The Morgan fingerprint density at radius 2 is 1.96 bits per heavy atom. The number of morpholine rings is 1. The highest BCUT2D eigenvalue weighted by atomic mass is 32.2. The predicted molar refractivity (Wildman–Crippen MR) is 101 cm³/mol. The molecule has 8 heteroatoms. The number of benzene rings is 1. The van der Waals surface area contributed by atoms with Crippen LogP contribution in [0, 0.1) is 6.92 Å². The number of thiophene rings is 1. The smallest absolute Gasteiger partial charge is 0.253 e. The van der Waals surface area contributed by atoms with Gasteiger partial charge in [0.05, 0.1) is 24.7 Å². The fraction of sp³-hybridized carbons (Fsp3) is 0.389. The molecule has 6 nitrogen and oxygen atoms in total. The summed E-state index contributed by atoms with van der Waals surface area (Å²) in [6.45, 7) is 3.96. The molecule has 0 spiro atoms. The van der Waals surface area contributed by atoms with Gasteiger partial charge >= 0.3 is 0 Å². The molecule has 0 unspecified atom stereocenters. The summed E-state index contributed by atoms with van der Waals surface area (Å²) < 4.78 is 32.2. The molecule has 3 rings (SSSR count). The van der Waals surface area contributed by atoms with Gasteiger partial charge in [0.15, 0.2) is 0 Å². The Morgan fingerprint density at radius 1 is 1.23 bits per heavy atom. The van der Waals surface area contributed by atoms with E-state index in [4.69, 9.17) is 4.74 Å². The van der Waals surface area contributed by atoms with E-state index in [-0.39, 0.29) is 10.8 Å². The van der Waals surface area contributed by atoms with Crippen LogP contribution in [0.2, 0.25) is 0 Å². The molecule has 1 fully saturated rings. The van der Waals surface area contributed by atoms with Crippen LogP contribution in [0.3, 0.4) is 0 Å². The first-order chi connectivity index (χ1) is 12.4. The molecule has 2 heterocycles. The molecule has 0 N–H and O–H groups in total. The van der Waals surface area contributed by atoms with Crippen molar-refractivity contribution in [2.45, 2.75) is 18.4 Å². The minimum Gasteiger partial charge on any atom is -0.379 e. The lowest BCUT2D eigenvalue weighted by Gasteiger charge is -2.26. The largest absolute Gasteiger partial charge is 0.379 e. The molecule has 1 aliphatic heterocycles. The van der Waals surface area contributed by atoms with Gasteiger partial charge in [0.2, 0.25) is 10.0 Å². The lowest BCUT2D eigenvalue weighted by molar-refractivity contribution is 0.0730. The summed E-state index contributed by atoms with van der Waals surface area (Å²) in [6, 6.07) is 10.3. The Kier molecular flexibility index (Phi) is 5.76. The van der Waals surface area contributed by atoms with E-state index in [0.29, 0.717) is 38.4 Å². The third kappa shape index (κ3) is 4.15. The number of nitrogens with zero attached hydrogens (tertiary/aromatic N) is 2. The Hall–Kier alpha value is -1.74. The number of sulfonamides is 1. The van der Waals surface area contributed by atoms with Crippen molar-refractivity contribution in [1.82, 2.24) is 9.21 Å². The third-order valence-corrected chi connectivity index (χ3v) is 7.10. The van der Waals surface area contributed by atoms with Crippen molar-refractivity contribution < 1.29 is 17.9 Å². The normalized spacial score (nSPS) is 15.8. The van der Waals surface area contributed by atoms with Gasteiger partial charge in [-0.1, -0.05) is 6.07 Å². The fourth-order valence-electron chi connectivity index (χ4n) is 2.82. The number of aryl methyl sites for hydroxylation is 1. The van der Waals surface area contributed by atoms with Gasteiger partial charge in [-0.05, 0) is 37.3 Å². The molecule has 140 valence electrons. The maximum Gasteiger partial charge on any atom is 0.253 e. The summed E-state index contributed by atoms with van der Waals surface area (Å²) >= 11 is 1.65. The van der Waals surface area contributed by atoms with Crippen LogP contribution in [-0.4, -0.2) is 56.9 Å². The van der Waals surface area contributed by atoms with Gasteiger partial charge in [0, 0.05) is 35.5 Å². The SMILES string of the molecule is Cc1ccc(CN(C)C(=O)c2cccc(S(=O)(=O)N3CCOCC3)c2)s1. The zero-order valence-corrected chi connectivity index (χ0v) is 16.5. The maximum absolute atomic E-state index is 12.8. The van der Waals surface area contributed by atoms with Gasteiger partial charge in [-0.2, -0.15) is 4.31 Å². The van der Waals surface area contributed by atoms with Crippen molar-refractivity contribution in [3.63, 3.8) is 0 Å². The molecule has 1 aromatic heterocycles. The molecule has 0 saturated carbocycles. The van der Waals surface area contributed by atoms with Crippen molar-refractivity contribution in [3.05, 3.63) is 51.7 Å². The first-order valence-electron chi connectivity index (χ1n) is 8.36. The average molecular weight is 395 g/mol. The lowest BCUT2D eigenvalue weighted by atomic mass is 10.2. The molecule has 0 atom stereocenters. The fourth-order valence-corrected chi connectivity index (χ4v) is 5.22. The van der Waals surface area contributed by atoms with Crippen LogP contribution in [0.4, 0.5) is 0 Å². The van der Waals surface area contributed by atoms with Gasteiger partial charge in [0.25, 0.3) is 5.91 Å². The van der Waals surface area contributed by atoms with Crippen LogP contribution in [-0.2, 0) is 21.3 Å². The molecule has 26 heavy (non-hydrogen) atoms. The molecule has 1 amide bonds. The highest BCUT2D eigenvalue weighted by Crippen LogP contribution is 2.21. The van der Waals surface area contributed by atoms with E-state index < -0.39 is 10.0 Å². The van der Waals surface area contributed by atoms with Gasteiger partial charge in [-0.15, -0.1) is 11.3 Å². The second kappa shape index (κ2) is 7.87. The van der Waals surface area contributed by atoms with Crippen molar-refractivity contribution in [3.8, 4) is 0 Å². The second-order valence-electron chi connectivity index (χ2n) is 6.22. The molecule has 1 aromatic carbocycles. The molecule has 2 aromatic rings. The zero-order chi connectivity index (χ0) is 18.7. The summed E-state index contributed by atoms with van der Waals surface area (Å²) in [7, 11) is -1.89. The van der Waals surface area contributed by atoms with E-state index in [9.17, 15) is 13.2 Å². The van der Waals surface area contributed by atoms with Crippen LogP contribution < -0.4 is 0 Å². The number of carbonyl (C=O) groups is 1. The van der Waals surface area contributed by atoms with E-state index in [0.717, 1.165) is 4.88 Å². The van der Waals surface area contributed by atoms with Gasteiger partial charge in [-0.3, -0.25) is 4.79 Å². The van der Waals surface area contributed by atoms with Crippen LogP contribution >= 0.6 is 11.3 Å². The monoisotopic (exact) mass is 394 g/mol. The average Bonchev–Trinajstić information content (AvgIpc) is 3.06. The second-order valence-corrected chi connectivity index (χ2v) is 9.53. The Labute approximate surface area is 158 Å².